The maximum absolute atomic E-state index is 12.6. The molecule has 35 heavy (non-hydrogen) atoms. The minimum absolute atomic E-state index is 0.0235. The molecule has 4 aromatic rings. The first-order valence-corrected chi connectivity index (χ1v) is 12.3. The van der Waals surface area contributed by atoms with Crippen molar-refractivity contribution < 1.29 is 12.8 Å². The van der Waals surface area contributed by atoms with E-state index < -0.39 is 15.1 Å². The topological polar surface area (TPSA) is 161 Å². The lowest BCUT2D eigenvalue weighted by Gasteiger charge is -2.11. The number of nitrogens with one attached hydrogen (secondary N) is 1. The fraction of sp³-hybridized carbons (Fsp3) is 0.208. The number of nitriles is 1. The molecular formula is C24H23N7O3S. The molecule has 3 N–H and O–H groups in total. The molecule has 0 aliphatic heterocycles. The second kappa shape index (κ2) is 9.61. The minimum Gasteiger partial charge on any atom is -0.414 e. The summed E-state index contributed by atoms with van der Waals surface area (Å²) < 4.78 is 31.0. The number of nitrogens with two attached hydrogens (primary N) is 1. The van der Waals surface area contributed by atoms with Crippen LogP contribution in [0.15, 0.2) is 58.0 Å². The van der Waals surface area contributed by atoms with Crippen molar-refractivity contribution in [3.63, 3.8) is 0 Å². The van der Waals surface area contributed by atoms with Crippen molar-refractivity contribution in [1.82, 2.24) is 25.5 Å². The van der Waals surface area contributed by atoms with Crippen molar-refractivity contribution in [2.75, 3.05) is 12.8 Å². The van der Waals surface area contributed by atoms with E-state index in [4.69, 9.17) is 10.2 Å². The van der Waals surface area contributed by atoms with E-state index in [1.54, 1.807) is 19.9 Å². The van der Waals surface area contributed by atoms with Gasteiger partial charge >= 0.3 is 0 Å². The predicted molar refractivity (Wildman–Crippen MR) is 130 cm³/mol. The Bertz CT molecular complexity index is 1520. The summed E-state index contributed by atoms with van der Waals surface area (Å²) >= 11 is 0. The van der Waals surface area contributed by atoms with Crippen molar-refractivity contribution in [3.05, 3.63) is 59.8 Å². The highest BCUT2D eigenvalue weighted by Crippen LogP contribution is 2.30. The molecule has 2 aromatic heterocycles. The van der Waals surface area contributed by atoms with Crippen molar-refractivity contribution in [3.8, 4) is 40.4 Å². The van der Waals surface area contributed by atoms with Crippen LogP contribution < -0.4 is 11.1 Å². The molecule has 0 radical (unpaired) electrons. The first-order valence-electron chi connectivity index (χ1n) is 10.7. The summed E-state index contributed by atoms with van der Waals surface area (Å²) in [6.07, 6.45) is 1.43. The maximum Gasteiger partial charge on any atom is 0.270 e. The molecule has 11 heteroatoms. The molecule has 0 fully saturated rings. The molecule has 0 aliphatic rings. The van der Waals surface area contributed by atoms with Crippen LogP contribution in [-0.4, -0.2) is 40.9 Å². The number of hydrogen-bond donors (Lipinski definition) is 2. The van der Waals surface area contributed by atoms with Gasteiger partial charge in [0.1, 0.15) is 6.07 Å². The molecule has 10 nitrogen and oxygen atoms in total. The van der Waals surface area contributed by atoms with Crippen LogP contribution in [0.2, 0.25) is 0 Å². The van der Waals surface area contributed by atoms with Gasteiger partial charge in [-0.2, -0.15) is 5.26 Å². The second-order valence-corrected chi connectivity index (χ2v) is 10.5. The number of hydrogen-bond acceptors (Lipinski definition) is 10. The first kappa shape index (κ1) is 24.0. The predicted octanol–water partition coefficient (Wildman–Crippen LogP) is 3.22. The molecule has 178 valence electrons. The molecule has 0 saturated carbocycles. The number of nitrogen functional groups attached to an aromatic ring is 1. The monoisotopic (exact) mass is 489 g/mol. The van der Waals surface area contributed by atoms with Gasteiger partial charge < -0.3 is 15.5 Å². The number of rotatable bonds is 7. The van der Waals surface area contributed by atoms with Gasteiger partial charge in [0.15, 0.2) is 21.3 Å². The molecule has 0 spiro atoms. The standard InChI is InChI=1S/C24H23N7O3S/c1-14(2)35(32,33)20-9-8-17(10-18(20)11-25)19-13-28-22(26)21(29-19)24-31-30-23(34-24)16-6-4-15(5-7-16)12-27-3/h4-10,13-14,27H,12H2,1-3H3,(H2,26,28). The molecule has 2 aromatic carbocycles. The zero-order chi connectivity index (χ0) is 25.2. The summed E-state index contributed by atoms with van der Waals surface area (Å²) in [4.78, 5) is 8.67. The van der Waals surface area contributed by atoms with E-state index >= 15 is 0 Å². The second-order valence-electron chi connectivity index (χ2n) is 8.05. The Hall–Kier alpha value is -4.14. The lowest BCUT2D eigenvalue weighted by molar-refractivity contribution is 0.582. The molecule has 0 saturated heterocycles. The summed E-state index contributed by atoms with van der Waals surface area (Å²) in [6, 6.07) is 14.1. The molecule has 2 heterocycles. The van der Waals surface area contributed by atoms with E-state index in [-0.39, 0.29) is 27.9 Å². The summed E-state index contributed by atoms with van der Waals surface area (Å²) in [5, 5.41) is 20.2. The number of anilines is 1. The van der Waals surface area contributed by atoms with Crippen LogP contribution in [0.5, 0.6) is 0 Å². The van der Waals surface area contributed by atoms with E-state index in [9.17, 15) is 13.7 Å². The molecule has 0 bridgehead atoms. The zero-order valence-electron chi connectivity index (χ0n) is 19.3. The number of nitrogens with zero attached hydrogens (tertiary/aromatic N) is 5. The Labute approximate surface area is 202 Å². The van der Waals surface area contributed by atoms with Gasteiger partial charge in [-0.15, -0.1) is 10.2 Å². The molecule has 4 rings (SSSR count). The zero-order valence-corrected chi connectivity index (χ0v) is 20.2. The Morgan fingerprint density at radius 2 is 1.77 bits per heavy atom. The van der Waals surface area contributed by atoms with Crippen molar-refractivity contribution in [2.45, 2.75) is 30.5 Å². The van der Waals surface area contributed by atoms with Gasteiger partial charge in [-0.25, -0.2) is 18.4 Å². The van der Waals surface area contributed by atoms with Crippen LogP contribution in [0.4, 0.5) is 5.82 Å². The molecule has 0 amide bonds. The molecule has 0 aliphatic carbocycles. The molecule has 0 unspecified atom stereocenters. The molecular weight excluding hydrogens is 466 g/mol. The van der Waals surface area contributed by atoms with Gasteiger partial charge in [0.2, 0.25) is 5.89 Å². The SMILES string of the molecule is CNCc1ccc(-c2nnc(-c3nc(-c4ccc(S(=O)(=O)C(C)C)c(C#N)c4)cnc3N)o2)cc1. The Kier molecular flexibility index (Phi) is 6.59. The Balaban J connectivity index is 1.70. The van der Waals surface area contributed by atoms with E-state index in [1.807, 2.05) is 37.4 Å². The first-order chi connectivity index (χ1) is 16.7. The van der Waals surface area contributed by atoms with Crippen LogP contribution in [-0.2, 0) is 16.4 Å². The summed E-state index contributed by atoms with van der Waals surface area (Å²) in [5.74, 6) is 0.483. The van der Waals surface area contributed by atoms with Gasteiger partial charge in [-0.1, -0.05) is 18.2 Å². The van der Waals surface area contributed by atoms with E-state index in [0.717, 1.165) is 17.7 Å². The van der Waals surface area contributed by atoms with Crippen LogP contribution in [0, 0.1) is 11.3 Å². The van der Waals surface area contributed by atoms with Crippen LogP contribution in [0.25, 0.3) is 34.3 Å². The van der Waals surface area contributed by atoms with Crippen molar-refractivity contribution >= 4 is 15.7 Å². The smallest absolute Gasteiger partial charge is 0.270 e. The van der Waals surface area contributed by atoms with Gasteiger partial charge in [-0.05, 0) is 50.7 Å². The number of sulfone groups is 1. The highest BCUT2D eigenvalue weighted by molar-refractivity contribution is 7.92. The van der Waals surface area contributed by atoms with Crippen molar-refractivity contribution in [1.29, 1.82) is 5.26 Å². The van der Waals surface area contributed by atoms with Crippen LogP contribution in [0.3, 0.4) is 0 Å². The average molecular weight is 490 g/mol. The summed E-state index contributed by atoms with van der Waals surface area (Å²) in [5.41, 5.74) is 8.97. The Morgan fingerprint density at radius 1 is 1.09 bits per heavy atom. The third-order valence-corrected chi connectivity index (χ3v) is 7.54. The maximum atomic E-state index is 12.6. The van der Waals surface area contributed by atoms with Gasteiger partial charge in [0.05, 0.1) is 27.6 Å². The normalized spacial score (nSPS) is 11.5. The average Bonchev–Trinajstić information content (AvgIpc) is 3.34. The van der Waals surface area contributed by atoms with E-state index in [2.05, 4.69) is 25.5 Å². The summed E-state index contributed by atoms with van der Waals surface area (Å²) in [7, 11) is -1.75. The largest absolute Gasteiger partial charge is 0.414 e. The number of benzene rings is 2. The third kappa shape index (κ3) is 4.75. The van der Waals surface area contributed by atoms with Crippen LogP contribution >= 0.6 is 0 Å². The lowest BCUT2D eigenvalue weighted by atomic mass is 10.1. The van der Waals surface area contributed by atoms with Gasteiger partial charge in [-0.3, -0.25) is 0 Å². The van der Waals surface area contributed by atoms with Crippen LogP contribution in [0.1, 0.15) is 25.0 Å². The number of aromatic nitrogens is 4. The quantitative estimate of drug-likeness (QED) is 0.394. The summed E-state index contributed by atoms with van der Waals surface area (Å²) in [6.45, 7) is 3.88. The van der Waals surface area contributed by atoms with Gasteiger partial charge in [0, 0.05) is 17.7 Å². The lowest BCUT2D eigenvalue weighted by Crippen LogP contribution is -2.15. The Morgan fingerprint density at radius 3 is 2.43 bits per heavy atom. The highest BCUT2D eigenvalue weighted by atomic mass is 32.2. The van der Waals surface area contributed by atoms with Gasteiger partial charge in [0.25, 0.3) is 5.89 Å². The third-order valence-electron chi connectivity index (χ3n) is 5.33. The van der Waals surface area contributed by atoms with Crippen molar-refractivity contribution in [2.24, 2.45) is 0 Å². The molecule has 0 atom stereocenters. The van der Waals surface area contributed by atoms with E-state index in [0.29, 0.717) is 17.1 Å². The van der Waals surface area contributed by atoms with E-state index in [1.165, 1.54) is 18.3 Å². The minimum atomic E-state index is -3.62. The highest BCUT2D eigenvalue weighted by Gasteiger charge is 2.24. The fourth-order valence-electron chi connectivity index (χ4n) is 3.38. The fourth-order valence-corrected chi connectivity index (χ4v) is 4.56.